The monoisotopic (exact) mass is 239 g/mol. The zero-order valence-electron chi connectivity index (χ0n) is 11.1. The molecule has 17 heavy (non-hydrogen) atoms. The summed E-state index contributed by atoms with van der Waals surface area (Å²) in [4.78, 5) is 0. The number of nitrogens with two attached hydrogens (primary N) is 1. The van der Waals surface area contributed by atoms with Crippen LogP contribution in [0.5, 0.6) is 17.2 Å². The predicted molar refractivity (Wildman–Crippen MR) is 67.9 cm³/mol. The molecule has 0 aliphatic heterocycles. The van der Waals surface area contributed by atoms with E-state index in [-0.39, 0.29) is 12.1 Å². The van der Waals surface area contributed by atoms with Gasteiger partial charge < -0.3 is 19.9 Å². The van der Waals surface area contributed by atoms with E-state index in [1.807, 2.05) is 32.9 Å². The summed E-state index contributed by atoms with van der Waals surface area (Å²) in [7, 11) is 3.19. The summed E-state index contributed by atoms with van der Waals surface area (Å²) >= 11 is 0. The van der Waals surface area contributed by atoms with Crippen molar-refractivity contribution < 1.29 is 14.2 Å². The van der Waals surface area contributed by atoms with Crippen molar-refractivity contribution in [2.24, 2.45) is 5.73 Å². The molecule has 1 atom stereocenters. The van der Waals surface area contributed by atoms with Gasteiger partial charge in [0.05, 0.1) is 20.3 Å². The van der Waals surface area contributed by atoms with E-state index in [1.165, 1.54) is 0 Å². The van der Waals surface area contributed by atoms with Crippen molar-refractivity contribution >= 4 is 0 Å². The molecular formula is C13H21NO3. The van der Waals surface area contributed by atoms with E-state index >= 15 is 0 Å². The van der Waals surface area contributed by atoms with Crippen molar-refractivity contribution in [2.45, 2.75) is 32.9 Å². The lowest BCUT2D eigenvalue weighted by Crippen LogP contribution is -2.13. The van der Waals surface area contributed by atoms with Gasteiger partial charge in [0.2, 0.25) is 5.75 Å². The van der Waals surface area contributed by atoms with Crippen molar-refractivity contribution in [3.05, 3.63) is 17.7 Å². The second-order valence-corrected chi connectivity index (χ2v) is 4.17. The maximum Gasteiger partial charge on any atom is 0.203 e. The Morgan fingerprint density at radius 2 is 1.65 bits per heavy atom. The van der Waals surface area contributed by atoms with Gasteiger partial charge in [0, 0.05) is 11.6 Å². The summed E-state index contributed by atoms with van der Waals surface area (Å²) in [6, 6.07) is 3.62. The molecule has 0 aliphatic rings. The van der Waals surface area contributed by atoms with Gasteiger partial charge in [-0.15, -0.1) is 0 Å². The molecule has 1 rings (SSSR count). The van der Waals surface area contributed by atoms with Gasteiger partial charge in [-0.1, -0.05) is 0 Å². The highest BCUT2D eigenvalue weighted by Crippen LogP contribution is 2.42. The van der Waals surface area contributed by atoms with Crippen LogP contribution in [0.3, 0.4) is 0 Å². The number of hydrogen-bond acceptors (Lipinski definition) is 4. The fourth-order valence-corrected chi connectivity index (χ4v) is 1.63. The van der Waals surface area contributed by atoms with Gasteiger partial charge in [0.1, 0.15) is 0 Å². The Kier molecular flexibility index (Phi) is 4.63. The Labute approximate surface area is 103 Å². The van der Waals surface area contributed by atoms with E-state index in [9.17, 15) is 0 Å². The number of ether oxygens (including phenoxy) is 3. The minimum absolute atomic E-state index is 0.0495. The first-order valence-corrected chi connectivity index (χ1v) is 5.68. The average molecular weight is 239 g/mol. The Morgan fingerprint density at radius 1 is 1.00 bits per heavy atom. The van der Waals surface area contributed by atoms with E-state index in [0.29, 0.717) is 17.2 Å². The molecule has 0 radical (unpaired) electrons. The molecule has 0 aromatic heterocycles. The van der Waals surface area contributed by atoms with Gasteiger partial charge in [0.25, 0.3) is 0 Å². The molecular weight excluding hydrogens is 218 g/mol. The second-order valence-electron chi connectivity index (χ2n) is 4.17. The van der Waals surface area contributed by atoms with Crippen molar-refractivity contribution in [2.75, 3.05) is 14.2 Å². The largest absolute Gasteiger partial charge is 0.493 e. The van der Waals surface area contributed by atoms with Crippen LogP contribution in [0, 0.1) is 0 Å². The van der Waals surface area contributed by atoms with Crippen LogP contribution in [0.1, 0.15) is 32.4 Å². The van der Waals surface area contributed by atoms with Crippen molar-refractivity contribution in [3.8, 4) is 17.2 Å². The first-order valence-electron chi connectivity index (χ1n) is 5.68. The maximum absolute atomic E-state index is 5.93. The number of hydrogen-bond donors (Lipinski definition) is 1. The average Bonchev–Trinajstić information content (AvgIpc) is 2.27. The van der Waals surface area contributed by atoms with E-state index in [1.54, 1.807) is 14.2 Å². The van der Waals surface area contributed by atoms with Crippen LogP contribution in [0.15, 0.2) is 12.1 Å². The smallest absolute Gasteiger partial charge is 0.203 e. The molecule has 1 aromatic rings. The minimum atomic E-state index is -0.122. The van der Waals surface area contributed by atoms with Crippen LogP contribution in [-0.2, 0) is 0 Å². The highest BCUT2D eigenvalue weighted by molar-refractivity contribution is 5.56. The highest BCUT2D eigenvalue weighted by atomic mass is 16.5. The Morgan fingerprint density at radius 3 is 2.06 bits per heavy atom. The lowest BCUT2D eigenvalue weighted by Gasteiger charge is -2.20. The topological polar surface area (TPSA) is 53.7 Å². The third-order valence-corrected chi connectivity index (χ3v) is 2.37. The number of rotatable bonds is 5. The molecule has 1 aromatic carbocycles. The molecule has 0 heterocycles. The summed E-state index contributed by atoms with van der Waals surface area (Å²) in [5.74, 6) is 1.90. The van der Waals surface area contributed by atoms with Crippen molar-refractivity contribution in [3.63, 3.8) is 0 Å². The Hall–Kier alpha value is -1.42. The predicted octanol–water partition coefficient (Wildman–Crippen LogP) is 2.51. The maximum atomic E-state index is 5.93. The molecule has 0 saturated carbocycles. The van der Waals surface area contributed by atoms with E-state index in [2.05, 4.69) is 0 Å². The fraction of sp³-hybridized carbons (Fsp3) is 0.538. The molecule has 2 N–H and O–H groups in total. The van der Waals surface area contributed by atoms with Crippen molar-refractivity contribution in [1.29, 1.82) is 0 Å². The van der Waals surface area contributed by atoms with Crippen LogP contribution in [-0.4, -0.2) is 20.3 Å². The minimum Gasteiger partial charge on any atom is -0.493 e. The van der Waals surface area contributed by atoms with E-state index in [0.717, 1.165) is 5.56 Å². The van der Waals surface area contributed by atoms with Crippen LogP contribution in [0.2, 0.25) is 0 Å². The van der Waals surface area contributed by atoms with Gasteiger partial charge in [-0.2, -0.15) is 0 Å². The van der Waals surface area contributed by atoms with Crippen molar-refractivity contribution in [1.82, 2.24) is 0 Å². The molecule has 0 spiro atoms. The molecule has 4 heteroatoms. The van der Waals surface area contributed by atoms with Gasteiger partial charge in [-0.25, -0.2) is 0 Å². The zero-order chi connectivity index (χ0) is 13.0. The standard InChI is InChI=1S/C13H21NO3/c1-8(2)17-12-10(9(3)14)6-7-11(15-4)13(12)16-5/h6-9H,14H2,1-5H3. The van der Waals surface area contributed by atoms with Crippen LogP contribution in [0.25, 0.3) is 0 Å². The first-order chi connectivity index (χ1) is 8.01. The number of benzene rings is 1. The summed E-state index contributed by atoms with van der Waals surface area (Å²) in [5.41, 5.74) is 6.84. The molecule has 96 valence electrons. The highest BCUT2D eigenvalue weighted by Gasteiger charge is 2.19. The SMILES string of the molecule is COc1ccc(C(C)N)c(OC(C)C)c1OC. The van der Waals surface area contributed by atoms with Gasteiger partial charge in [0.15, 0.2) is 11.5 Å². The third kappa shape index (κ3) is 3.03. The molecule has 0 bridgehead atoms. The van der Waals surface area contributed by atoms with Gasteiger partial charge >= 0.3 is 0 Å². The van der Waals surface area contributed by atoms with Gasteiger partial charge in [-0.05, 0) is 32.9 Å². The van der Waals surface area contributed by atoms with Crippen LogP contribution < -0.4 is 19.9 Å². The lowest BCUT2D eigenvalue weighted by atomic mass is 10.1. The Bertz CT molecular complexity index is 375. The summed E-state index contributed by atoms with van der Waals surface area (Å²) < 4.78 is 16.4. The molecule has 0 aliphatic carbocycles. The second kappa shape index (κ2) is 5.77. The van der Waals surface area contributed by atoms with Gasteiger partial charge in [-0.3, -0.25) is 0 Å². The quantitative estimate of drug-likeness (QED) is 0.857. The summed E-state index contributed by atoms with van der Waals surface area (Å²) in [6.45, 7) is 5.84. The fourth-order valence-electron chi connectivity index (χ4n) is 1.63. The van der Waals surface area contributed by atoms with Crippen LogP contribution >= 0.6 is 0 Å². The van der Waals surface area contributed by atoms with Crippen LogP contribution in [0.4, 0.5) is 0 Å². The summed E-state index contributed by atoms with van der Waals surface area (Å²) in [6.07, 6.45) is 0.0495. The van der Waals surface area contributed by atoms with E-state index < -0.39 is 0 Å². The molecule has 4 nitrogen and oxygen atoms in total. The third-order valence-electron chi connectivity index (χ3n) is 2.37. The lowest BCUT2D eigenvalue weighted by molar-refractivity contribution is 0.223. The normalized spacial score (nSPS) is 12.4. The molecule has 0 fully saturated rings. The zero-order valence-corrected chi connectivity index (χ0v) is 11.1. The summed E-state index contributed by atoms with van der Waals surface area (Å²) in [5, 5.41) is 0. The number of methoxy groups -OCH3 is 2. The molecule has 0 saturated heterocycles. The first kappa shape index (κ1) is 13.6. The Balaban J connectivity index is 3.33. The molecule has 1 unspecified atom stereocenters. The van der Waals surface area contributed by atoms with E-state index in [4.69, 9.17) is 19.9 Å². The molecule has 0 amide bonds.